The standard InChI is InChI=1S/C12H16N4/c1-15(2)11-6-4-5-10(9-11)13-12-7-8-16(3)14-12/h4-9H,1-3H3,(H,13,14). The lowest BCUT2D eigenvalue weighted by Crippen LogP contribution is -2.08. The molecular formula is C12H16N4. The Labute approximate surface area is 95.5 Å². The molecule has 0 saturated heterocycles. The molecule has 4 nitrogen and oxygen atoms in total. The lowest BCUT2D eigenvalue weighted by molar-refractivity contribution is 0.771. The van der Waals surface area contributed by atoms with Gasteiger partial charge in [0.05, 0.1) is 0 Å². The minimum absolute atomic E-state index is 0.860. The SMILES string of the molecule is CN(C)c1cccc(Nc2ccn(C)n2)c1. The molecule has 1 heterocycles. The number of rotatable bonds is 3. The van der Waals surface area contributed by atoms with Gasteiger partial charge in [-0.2, -0.15) is 5.10 Å². The molecule has 2 aromatic rings. The topological polar surface area (TPSA) is 33.1 Å². The Morgan fingerprint density at radius 3 is 2.69 bits per heavy atom. The van der Waals surface area contributed by atoms with E-state index in [-0.39, 0.29) is 0 Å². The number of anilines is 3. The van der Waals surface area contributed by atoms with E-state index in [0.29, 0.717) is 0 Å². The molecule has 0 atom stereocenters. The first-order valence-corrected chi connectivity index (χ1v) is 5.19. The van der Waals surface area contributed by atoms with Gasteiger partial charge in [0.1, 0.15) is 0 Å². The molecule has 0 amide bonds. The van der Waals surface area contributed by atoms with Gasteiger partial charge in [0.25, 0.3) is 0 Å². The predicted molar refractivity (Wildman–Crippen MR) is 67.3 cm³/mol. The molecule has 0 aliphatic heterocycles. The fourth-order valence-electron chi connectivity index (χ4n) is 1.49. The molecule has 0 unspecified atom stereocenters. The highest BCUT2D eigenvalue weighted by Crippen LogP contribution is 2.20. The zero-order valence-electron chi connectivity index (χ0n) is 9.81. The van der Waals surface area contributed by atoms with E-state index in [2.05, 4.69) is 27.4 Å². The summed E-state index contributed by atoms with van der Waals surface area (Å²) in [5.74, 6) is 0.860. The molecule has 2 rings (SSSR count). The lowest BCUT2D eigenvalue weighted by atomic mass is 10.2. The monoisotopic (exact) mass is 216 g/mol. The third-order valence-corrected chi connectivity index (χ3v) is 2.35. The number of aryl methyl sites for hydroxylation is 1. The van der Waals surface area contributed by atoms with Crippen LogP contribution in [0.25, 0.3) is 0 Å². The Bertz CT molecular complexity index is 473. The summed E-state index contributed by atoms with van der Waals surface area (Å²) in [6, 6.07) is 10.2. The van der Waals surface area contributed by atoms with Gasteiger partial charge < -0.3 is 10.2 Å². The van der Waals surface area contributed by atoms with Crippen LogP contribution < -0.4 is 10.2 Å². The zero-order chi connectivity index (χ0) is 11.5. The van der Waals surface area contributed by atoms with Crippen LogP contribution in [0, 0.1) is 0 Å². The van der Waals surface area contributed by atoms with Crippen molar-refractivity contribution in [3.05, 3.63) is 36.5 Å². The quantitative estimate of drug-likeness (QED) is 0.854. The van der Waals surface area contributed by atoms with Gasteiger partial charge in [-0.05, 0) is 18.2 Å². The van der Waals surface area contributed by atoms with E-state index in [1.54, 1.807) is 4.68 Å². The van der Waals surface area contributed by atoms with E-state index in [1.807, 2.05) is 45.5 Å². The highest BCUT2D eigenvalue weighted by atomic mass is 15.3. The van der Waals surface area contributed by atoms with Crippen molar-refractivity contribution in [1.29, 1.82) is 0 Å². The van der Waals surface area contributed by atoms with Crippen molar-refractivity contribution < 1.29 is 0 Å². The molecule has 0 aliphatic carbocycles. The Kier molecular flexibility index (Phi) is 2.81. The molecule has 0 bridgehead atoms. The van der Waals surface area contributed by atoms with Crippen molar-refractivity contribution in [3.63, 3.8) is 0 Å². The number of nitrogens with one attached hydrogen (secondary N) is 1. The summed E-state index contributed by atoms with van der Waals surface area (Å²) in [6.45, 7) is 0. The molecule has 0 aliphatic rings. The smallest absolute Gasteiger partial charge is 0.152 e. The molecular weight excluding hydrogens is 200 g/mol. The lowest BCUT2D eigenvalue weighted by Gasteiger charge is -2.13. The maximum atomic E-state index is 4.27. The molecule has 1 aromatic carbocycles. The van der Waals surface area contributed by atoms with Crippen molar-refractivity contribution in [3.8, 4) is 0 Å². The van der Waals surface area contributed by atoms with Gasteiger partial charge >= 0.3 is 0 Å². The van der Waals surface area contributed by atoms with Crippen LogP contribution in [0.4, 0.5) is 17.2 Å². The Balaban J connectivity index is 2.18. The Morgan fingerprint density at radius 1 is 1.25 bits per heavy atom. The van der Waals surface area contributed by atoms with Crippen molar-refractivity contribution in [2.24, 2.45) is 7.05 Å². The number of hydrogen-bond donors (Lipinski definition) is 1. The number of aromatic nitrogens is 2. The highest BCUT2D eigenvalue weighted by Gasteiger charge is 1.99. The fourth-order valence-corrected chi connectivity index (χ4v) is 1.49. The molecule has 0 saturated carbocycles. The largest absolute Gasteiger partial charge is 0.378 e. The average molecular weight is 216 g/mol. The van der Waals surface area contributed by atoms with E-state index in [4.69, 9.17) is 0 Å². The molecule has 0 spiro atoms. The molecule has 4 heteroatoms. The van der Waals surface area contributed by atoms with Gasteiger partial charge in [0.2, 0.25) is 0 Å². The third kappa shape index (κ3) is 2.34. The maximum Gasteiger partial charge on any atom is 0.152 e. The van der Waals surface area contributed by atoms with Crippen molar-refractivity contribution in [2.75, 3.05) is 24.3 Å². The van der Waals surface area contributed by atoms with Crippen LogP contribution in [0.1, 0.15) is 0 Å². The first-order chi connectivity index (χ1) is 7.65. The first-order valence-electron chi connectivity index (χ1n) is 5.19. The van der Waals surface area contributed by atoms with Crippen molar-refractivity contribution in [2.45, 2.75) is 0 Å². The predicted octanol–water partition coefficient (Wildman–Crippen LogP) is 2.23. The molecule has 1 aromatic heterocycles. The van der Waals surface area contributed by atoms with Crippen LogP contribution in [0.15, 0.2) is 36.5 Å². The second kappa shape index (κ2) is 4.26. The third-order valence-electron chi connectivity index (χ3n) is 2.35. The van der Waals surface area contributed by atoms with E-state index in [0.717, 1.165) is 11.5 Å². The van der Waals surface area contributed by atoms with Crippen LogP contribution in [-0.2, 0) is 7.05 Å². The van der Waals surface area contributed by atoms with Crippen molar-refractivity contribution >= 4 is 17.2 Å². The summed E-state index contributed by atoms with van der Waals surface area (Å²) in [4.78, 5) is 2.07. The average Bonchev–Trinajstić information content (AvgIpc) is 2.64. The first kappa shape index (κ1) is 10.5. The van der Waals surface area contributed by atoms with Crippen LogP contribution in [0.5, 0.6) is 0 Å². The molecule has 0 radical (unpaired) electrons. The van der Waals surface area contributed by atoms with Crippen LogP contribution in [0.2, 0.25) is 0 Å². The minimum atomic E-state index is 0.860. The van der Waals surface area contributed by atoms with Gasteiger partial charge in [-0.15, -0.1) is 0 Å². The van der Waals surface area contributed by atoms with E-state index in [1.165, 1.54) is 5.69 Å². The summed E-state index contributed by atoms with van der Waals surface area (Å²) in [5, 5.41) is 7.53. The molecule has 16 heavy (non-hydrogen) atoms. The Morgan fingerprint density at radius 2 is 2.06 bits per heavy atom. The van der Waals surface area contributed by atoms with Crippen LogP contribution >= 0.6 is 0 Å². The molecule has 1 N–H and O–H groups in total. The maximum absolute atomic E-state index is 4.27. The Hall–Kier alpha value is -1.97. The molecule has 0 fully saturated rings. The van der Waals surface area contributed by atoms with E-state index < -0.39 is 0 Å². The van der Waals surface area contributed by atoms with Gasteiger partial charge in [-0.1, -0.05) is 6.07 Å². The van der Waals surface area contributed by atoms with E-state index in [9.17, 15) is 0 Å². The van der Waals surface area contributed by atoms with E-state index >= 15 is 0 Å². The second-order valence-electron chi connectivity index (χ2n) is 3.94. The summed E-state index contributed by atoms with van der Waals surface area (Å²) in [7, 11) is 5.96. The van der Waals surface area contributed by atoms with Gasteiger partial charge in [0.15, 0.2) is 5.82 Å². The van der Waals surface area contributed by atoms with Gasteiger partial charge in [0, 0.05) is 44.8 Å². The molecule has 84 valence electrons. The summed E-state index contributed by atoms with van der Waals surface area (Å²) in [6.07, 6.45) is 1.91. The summed E-state index contributed by atoms with van der Waals surface area (Å²) >= 11 is 0. The number of hydrogen-bond acceptors (Lipinski definition) is 3. The van der Waals surface area contributed by atoms with Crippen LogP contribution in [0.3, 0.4) is 0 Å². The number of nitrogens with zero attached hydrogens (tertiary/aromatic N) is 3. The van der Waals surface area contributed by atoms with Crippen molar-refractivity contribution in [1.82, 2.24) is 9.78 Å². The minimum Gasteiger partial charge on any atom is -0.378 e. The summed E-state index contributed by atoms with van der Waals surface area (Å²) < 4.78 is 1.78. The highest BCUT2D eigenvalue weighted by molar-refractivity contribution is 5.62. The van der Waals surface area contributed by atoms with Gasteiger partial charge in [-0.3, -0.25) is 4.68 Å². The van der Waals surface area contributed by atoms with Crippen LogP contribution in [-0.4, -0.2) is 23.9 Å². The number of benzene rings is 1. The second-order valence-corrected chi connectivity index (χ2v) is 3.94. The zero-order valence-corrected chi connectivity index (χ0v) is 9.81. The normalized spacial score (nSPS) is 10.2. The summed E-state index contributed by atoms with van der Waals surface area (Å²) in [5.41, 5.74) is 2.21. The fraction of sp³-hybridized carbons (Fsp3) is 0.250. The van der Waals surface area contributed by atoms with Gasteiger partial charge in [-0.25, -0.2) is 0 Å².